The van der Waals surface area contributed by atoms with Crippen LogP contribution >= 0.6 is 0 Å². The van der Waals surface area contributed by atoms with Gasteiger partial charge < -0.3 is 4.57 Å². The van der Waals surface area contributed by atoms with Crippen LogP contribution in [0.4, 0.5) is 5.69 Å². The maximum Gasteiger partial charge on any atom is 0.263 e. The molecule has 0 saturated carbocycles. The summed E-state index contributed by atoms with van der Waals surface area (Å²) >= 11 is 0. The van der Waals surface area contributed by atoms with Crippen molar-refractivity contribution in [1.29, 1.82) is 0 Å². The van der Waals surface area contributed by atoms with E-state index in [0.717, 1.165) is 42.9 Å². The largest absolute Gasteiger partial charge is 0.334 e. The molecule has 0 spiro atoms. The first kappa shape index (κ1) is 15.8. The molecule has 25 heavy (non-hydrogen) atoms. The van der Waals surface area contributed by atoms with E-state index in [0.29, 0.717) is 5.69 Å². The van der Waals surface area contributed by atoms with Gasteiger partial charge in [0.15, 0.2) is 0 Å². The van der Waals surface area contributed by atoms with Gasteiger partial charge in [0.2, 0.25) is 0 Å². The van der Waals surface area contributed by atoms with E-state index in [1.165, 1.54) is 12.3 Å². The van der Waals surface area contributed by atoms with E-state index in [4.69, 9.17) is 4.98 Å². The molecule has 0 unspecified atom stereocenters. The summed E-state index contributed by atoms with van der Waals surface area (Å²) in [4.78, 5) is 8.72. The molecule has 1 aliphatic rings. The average molecular weight is 354 g/mol. The molecule has 0 saturated heterocycles. The number of imidazole rings is 1. The van der Waals surface area contributed by atoms with E-state index in [2.05, 4.69) is 14.3 Å². The number of benzene rings is 1. The van der Waals surface area contributed by atoms with Gasteiger partial charge in [-0.25, -0.2) is 13.4 Å². The summed E-state index contributed by atoms with van der Waals surface area (Å²) in [5.74, 6) is 1.06. The van der Waals surface area contributed by atoms with Crippen LogP contribution in [0.15, 0.2) is 59.9 Å². The van der Waals surface area contributed by atoms with Crippen LogP contribution in [0.2, 0.25) is 0 Å². The number of rotatable bonds is 4. The molecule has 3 heterocycles. The molecule has 6 nitrogen and oxygen atoms in total. The minimum absolute atomic E-state index is 0.133. The van der Waals surface area contributed by atoms with Gasteiger partial charge in [-0.2, -0.15) is 0 Å². The molecule has 128 valence electrons. The van der Waals surface area contributed by atoms with Crippen molar-refractivity contribution < 1.29 is 8.42 Å². The number of aryl methyl sites for hydroxylation is 2. The lowest BCUT2D eigenvalue weighted by Gasteiger charge is -2.11. The fourth-order valence-electron chi connectivity index (χ4n) is 3.05. The standard InChI is InChI=1S/C18H18N4O2S/c23-25(24,14-6-5-10-19-12-14)21-16-8-2-1-7-15(16)17-13-22-11-4-3-9-18(22)20-17/h1-2,5-8,10,12-13,21H,3-4,9,11H2. The molecule has 0 bridgehead atoms. The van der Waals surface area contributed by atoms with Crippen LogP contribution in [0.3, 0.4) is 0 Å². The van der Waals surface area contributed by atoms with E-state index in [9.17, 15) is 8.42 Å². The number of hydrogen-bond acceptors (Lipinski definition) is 4. The molecule has 7 heteroatoms. The molecular formula is C18H18N4O2S. The second-order valence-corrected chi connectivity index (χ2v) is 7.72. The fraction of sp³-hybridized carbons (Fsp3) is 0.222. The normalized spacial score (nSPS) is 14.1. The summed E-state index contributed by atoms with van der Waals surface area (Å²) in [5.41, 5.74) is 2.08. The lowest BCUT2D eigenvalue weighted by molar-refractivity contribution is 0.522. The first-order chi connectivity index (χ1) is 12.1. The highest BCUT2D eigenvalue weighted by atomic mass is 32.2. The number of aromatic nitrogens is 3. The van der Waals surface area contributed by atoms with E-state index < -0.39 is 10.0 Å². The quantitative estimate of drug-likeness (QED) is 0.781. The Labute approximate surface area is 146 Å². The van der Waals surface area contributed by atoms with Crippen molar-refractivity contribution in [1.82, 2.24) is 14.5 Å². The van der Waals surface area contributed by atoms with E-state index >= 15 is 0 Å². The third-order valence-corrected chi connectivity index (χ3v) is 5.65. The first-order valence-electron chi connectivity index (χ1n) is 8.22. The Kier molecular flexibility index (Phi) is 4.01. The number of pyridine rings is 1. The molecule has 0 fully saturated rings. The van der Waals surface area contributed by atoms with Crippen molar-refractivity contribution >= 4 is 15.7 Å². The molecule has 0 radical (unpaired) electrons. The molecular weight excluding hydrogens is 336 g/mol. The molecule has 2 aromatic heterocycles. The highest BCUT2D eigenvalue weighted by Gasteiger charge is 2.19. The van der Waals surface area contributed by atoms with Crippen LogP contribution in [0.1, 0.15) is 18.7 Å². The van der Waals surface area contributed by atoms with Crippen molar-refractivity contribution in [2.24, 2.45) is 0 Å². The van der Waals surface area contributed by atoms with Gasteiger partial charge in [0.25, 0.3) is 10.0 Å². The maximum absolute atomic E-state index is 12.6. The Morgan fingerprint density at radius 3 is 2.76 bits per heavy atom. The Balaban J connectivity index is 1.71. The van der Waals surface area contributed by atoms with Gasteiger partial charge in [-0.15, -0.1) is 0 Å². The average Bonchev–Trinajstić information content (AvgIpc) is 3.06. The van der Waals surface area contributed by atoms with Gasteiger partial charge in [0.05, 0.1) is 11.4 Å². The highest BCUT2D eigenvalue weighted by molar-refractivity contribution is 7.92. The topological polar surface area (TPSA) is 76.9 Å². The summed E-state index contributed by atoms with van der Waals surface area (Å²) in [7, 11) is -3.69. The molecule has 1 aliphatic heterocycles. The van der Waals surface area contributed by atoms with E-state index in [-0.39, 0.29) is 4.90 Å². The van der Waals surface area contributed by atoms with Crippen molar-refractivity contribution in [2.45, 2.75) is 30.7 Å². The van der Waals surface area contributed by atoms with E-state index in [1.807, 2.05) is 18.3 Å². The molecule has 1 N–H and O–H groups in total. The number of sulfonamides is 1. The van der Waals surface area contributed by atoms with Crippen LogP contribution in [-0.2, 0) is 23.0 Å². The Bertz CT molecular complexity index is 973. The molecule has 3 aromatic rings. The minimum Gasteiger partial charge on any atom is -0.334 e. The molecule has 0 atom stereocenters. The Hall–Kier alpha value is -2.67. The van der Waals surface area contributed by atoms with Gasteiger partial charge in [0.1, 0.15) is 10.7 Å². The van der Waals surface area contributed by atoms with Crippen LogP contribution < -0.4 is 4.72 Å². The monoisotopic (exact) mass is 354 g/mol. The van der Waals surface area contributed by atoms with Crippen molar-refractivity contribution in [2.75, 3.05) is 4.72 Å². The number of anilines is 1. The maximum atomic E-state index is 12.6. The number of fused-ring (bicyclic) bond motifs is 1. The predicted octanol–water partition coefficient (Wildman–Crippen LogP) is 3.08. The second kappa shape index (κ2) is 6.33. The Morgan fingerprint density at radius 2 is 1.96 bits per heavy atom. The molecule has 0 aliphatic carbocycles. The Morgan fingerprint density at radius 1 is 1.08 bits per heavy atom. The summed E-state index contributed by atoms with van der Waals surface area (Å²) < 4.78 is 30.0. The van der Waals surface area contributed by atoms with Gasteiger partial charge in [-0.1, -0.05) is 18.2 Å². The van der Waals surface area contributed by atoms with Gasteiger partial charge in [-0.05, 0) is 31.0 Å². The minimum atomic E-state index is -3.69. The lowest BCUT2D eigenvalue weighted by atomic mass is 10.1. The van der Waals surface area contributed by atoms with Gasteiger partial charge in [0, 0.05) is 37.1 Å². The van der Waals surface area contributed by atoms with Gasteiger partial charge in [-0.3, -0.25) is 9.71 Å². The zero-order chi connectivity index (χ0) is 17.3. The molecule has 1 aromatic carbocycles. The summed E-state index contributed by atoms with van der Waals surface area (Å²) in [6, 6.07) is 10.4. The van der Waals surface area contributed by atoms with Crippen molar-refractivity contribution in [3.8, 4) is 11.3 Å². The second-order valence-electron chi connectivity index (χ2n) is 6.03. The van der Waals surface area contributed by atoms with Crippen LogP contribution in [0.5, 0.6) is 0 Å². The van der Waals surface area contributed by atoms with E-state index in [1.54, 1.807) is 24.4 Å². The van der Waals surface area contributed by atoms with Crippen LogP contribution in [0, 0.1) is 0 Å². The zero-order valence-electron chi connectivity index (χ0n) is 13.6. The zero-order valence-corrected chi connectivity index (χ0v) is 14.4. The predicted molar refractivity (Wildman–Crippen MR) is 95.6 cm³/mol. The number of nitrogens with zero attached hydrogens (tertiary/aromatic N) is 3. The molecule has 0 amide bonds. The highest BCUT2D eigenvalue weighted by Crippen LogP contribution is 2.30. The number of para-hydroxylation sites is 1. The fourth-order valence-corrected chi connectivity index (χ4v) is 4.09. The smallest absolute Gasteiger partial charge is 0.263 e. The summed E-state index contributed by atoms with van der Waals surface area (Å²) in [6.45, 7) is 0.964. The summed E-state index contributed by atoms with van der Waals surface area (Å²) in [6.07, 6.45) is 8.14. The lowest BCUT2D eigenvalue weighted by Crippen LogP contribution is -2.13. The first-order valence-corrected chi connectivity index (χ1v) is 9.70. The molecule has 4 rings (SSSR count). The summed E-state index contributed by atoms with van der Waals surface area (Å²) in [5, 5.41) is 0. The van der Waals surface area contributed by atoms with Crippen LogP contribution in [0.25, 0.3) is 11.3 Å². The number of nitrogens with one attached hydrogen (secondary N) is 1. The van der Waals surface area contributed by atoms with Crippen LogP contribution in [-0.4, -0.2) is 23.0 Å². The number of hydrogen-bond donors (Lipinski definition) is 1. The third kappa shape index (κ3) is 3.15. The van der Waals surface area contributed by atoms with Crippen molar-refractivity contribution in [3.63, 3.8) is 0 Å². The van der Waals surface area contributed by atoms with Crippen molar-refractivity contribution in [3.05, 3.63) is 60.8 Å². The third-order valence-electron chi connectivity index (χ3n) is 4.30. The van der Waals surface area contributed by atoms with Gasteiger partial charge >= 0.3 is 0 Å². The SMILES string of the molecule is O=S(=O)(Nc1ccccc1-c1cn2c(n1)CCCC2)c1cccnc1.